The smallest absolute Gasteiger partial charge is 0.134 e. The van der Waals surface area contributed by atoms with Gasteiger partial charge >= 0.3 is 0 Å². The van der Waals surface area contributed by atoms with Crippen molar-refractivity contribution >= 4 is 11.6 Å². The lowest BCUT2D eigenvalue weighted by Crippen LogP contribution is -2.22. The van der Waals surface area contributed by atoms with Gasteiger partial charge in [-0.25, -0.2) is 9.97 Å². The summed E-state index contributed by atoms with van der Waals surface area (Å²) in [4.78, 5) is 8.13. The van der Waals surface area contributed by atoms with E-state index >= 15 is 0 Å². The molecule has 1 atom stereocenters. The van der Waals surface area contributed by atoms with E-state index in [9.17, 15) is 0 Å². The minimum atomic E-state index is 0.203. The van der Waals surface area contributed by atoms with Crippen LogP contribution < -0.4 is 11.1 Å². The molecule has 1 heterocycles. The van der Waals surface area contributed by atoms with Crippen molar-refractivity contribution in [3.63, 3.8) is 0 Å². The molecule has 0 saturated carbocycles. The molecule has 0 radical (unpaired) electrons. The topological polar surface area (TPSA) is 73.1 Å². The average Bonchev–Trinajstić information content (AvgIpc) is 2.18. The molecule has 1 rings (SSSR count). The van der Waals surface area contributed by atoms with E-state index in [-0.39, 0.29) is 6.04 Å². The second-order valence-electron chi connectivity index (χ2n) is 3.44. The number of methoxy groups -OCH3 is 1. The van der Waals surface area contributed by atoms with E-state index in [0.717, 1.165) is 17.8 Å². The Hall–Kier alpha value is -1.36. The summed E-state index contributed by atoms with van der Waals surface area (Å²) in [6.07, 6.45) is 2.28. The number of ether oxygens (including phenoxy) is 1. The first kappa shape index (κ1) is 11.7. The maximum Gasteiger partial charge on any atom is 0.134 e. The maximum absolute atomic E-state index is 5.76. The molecule has 0 saturated heterocycles. The molecule has 0 fully saturated rings. The van der Waals surface area contributed by atoms with Crippen molar-refractivity contribution < 1.29 is 4.74 Å². The lowest BCUT2D eigenvalue weighted by Gasteiger charge is -2.16. The molecular formula is C10H18N4O. The number of hydrogen-bond acceptors (Lipinski definition) is 5. The fourth-order valence-corrected chi connectivity index (χ4v) is 1.42. The molecule has 1 aromatic heterocycles. The Morgan fingerprint density at radius 1 is 1.53 bits per heavy atom. The van der Waals surface area contributed by atoms with Gasteiger partial charge in [0.1, 0.15) is 18.0 Å². The van der Waals surface area contributed by atoms with Crippen molar-refractivity contribution in [3.8, 4) is 0 Å². The summed E-state index contributed by atoms with van der Waals surface area (Å²) in [7, 11) is 1.67. The van der Waals surface area contributed by atoms with Gasteiger partial charge in [0.15, 0.2) is 0 Å². The van der Waals surface area contributed by atoms with Crippen LogP contribution in [0, 0.1) is 0 Å². The molecule has 84 valence electrons. The van der Waals surface area contributed by atoms with E-state index in [1.165, 1.54) is 6.33 Å². The minimum absolute atomic E-state index is 0.203. The predicted octanol–water partition coefficient (Wildman–Crippen LogP) is 1.07. The number of nitrogens with one attached hydrogen (secondary N) is 1. The first-order valence-electron chi connectivity index (χ1n) is 5.03. The summed E-state index contributed by atoms with van der Waals surface area (Å²) in [5.74, 6) is 1.34. The normalized spacial score (nSPS) is 12.5. The zero-order chi connectivity index (χ0) is 11.3. The monoisotopic (exact) mass is 210 g/mol. The third-order valence-corrected chi connectivity index (χ3v) is 2.13. The summed E-state index contributed by atoms with van der Waals surface area (Å²) >= 11 is 0. The molecule has 0 aliphatic carbocycles. The molecule has 0 bridgehead atoms. The molecule has 1 unspecified atom stereocenters. The summed E-state index contributed by atoms with van der Waals surface area (Å²) in [6, 6.07) is 0.203. The minimum Gasteiger partial charge on any atom is -0.383 e. The van der Waals surface area contributed by atoms with Crippen molar-refractivity contribution in [1.82, 2.24) is 9.97 Å². The van der Waals surface area contributed by atoms with Gasteiger partial charge in [-0.15, -0.1) is 0 Å². The van der Waals surface area contributed by atoms with Crippen LogP contribution in [0.15, 0.2) is 6.33 Å². The van der Waals surface area contributed by atoms with Crippen LogP contribution in [0.3, 0.4) is 0 Å². The van der Waals surface area contributed by atoms with Crippen LogP contribution in [-0.2, 0) is 11.2 Å². The van der Waals surface area contributed by atoms with Crippen molar-refractivity contribution in [2.24, 2.45) is 0 Å². The Labute approximate surface area is 90.1 Å². The van der Waals surface area contributed by atoms with Gasteiger partial charge in [0.2, 0.25) is 0 Å². The van der Waals surface area contributed by atoms with E-state index in [0.29, 0.717) is 12.4 Å². The summed E-state index contributed by atoms with van der Waals surface area (Å²) < 4.78 is 5.04. The van der Waals surface area contributed by atoms with Gasteiger partial charge in [-0.2, -0.15) is 0 Å². The molecule has 1 aromatic rings. The number of anilines is 2. The van der Waals surface area contributed by atoms with E-state index in [2.05, 4.69) is 15.3 Å². The van der Waals surface area contributed by atoms with E-state index in [1.807, 2.05) is 13.8 Å². The standard InChI is InChI=1S/C10H18N4O/c1-4-8-9(11)12-6-13-10(8)14-7(2)5-15-3/h6-7H,4-5H2,1-3H3,(H3,11,12,13,14). The highest BCUT2D eigenvalue weighted by molar-refractivity contribution is 5.55. The number of aromatic nitrogens is 2. The Bertz CT molecular complexity index is 316. The van der Waals surface area contributed by atoms with Crippen molar-refractivity contribution in [2.75, 3.05) is 24.8 Å². The molecule has 0 spiro atoms. The van der Waals surface area contributed by atoms with Crippen LogP contribution in [0.5, 0.6) is 0 Å². The third kappa shape index (κ3) is 3.06. The van der Waals surface area contributed by atoms with Gasteiger partial charge in [-0.05, 0) is 13.3 Å². The molecular weight excluding hydrogens is 192 g/mol. The highest BCUT2D eigenvalue weighted by Gasteiger charge is 2.09. The SMILES string of the molecule is CCc1c(N)ncnc1NC(C)COC. The fraction of sp³-hybridized carbons (Fsp3) is 0.600. The Balaban J connectivity index is 2.80. The van der Waals surface area contributed by atoms with Gasteiger partial charge in [0.05, 0.1) is 6.61 Å². The van der Waals surface area contributed by atoms with Crippen molar-refractivity contribution in [3.05, 3.63) is 11.9 Å². The molecule has 5 heteroatoms. The highest BCUT2D eigenvalue weighted by atomic mass is 16.5. The molecule has 0 aromatic carbocycles. The average molecular weight is 210 g/mol. The second kappa shape index (κ2) is 5.50. The zero-order valence-corrected chi connectivity index (χ0v) is 9.45. The third-order valence-electron chi connectivity index (χ3n) is 2.13. The fourth-order valence-electron chi connectivity index (χ4n) is 1.42. The molecule has 15 heavy (non-hydrogen) atoms. The molecule has 0 aliphatic rings. The number of hydrogen-bond donors (Lipinski definition) is 2. The quantitative estimate of drug-likeness (QED) is 0.760. The van der Waals surface area contributed by atoms with Crippen LogP contribution in [0.2, 0.25) is 0 Å². The number of rotatable bonds is 5. The number of nitrogen functional groups attached to an aromatic ring is 1. The lowest BCUT2D eigenvalue weighted by atomic mass is 10.2. The number of nitrogens with zero attached hydrogens (tertiary/aromatic N) is 2. The second-order valence-corrected chi connectivity index (χ2v) is 3.44. The summed E-state index contributed by atoms with van der Waals surface area (Å²) in [6.45, 7) is 4.69. The highest BCUT2D eigenvalue weighted by Crippen LogP contribution is 2.18. The van der Waals surface area contributed by atoms with Crippen LogP contribution in [0.25, 0.3) is 0 Å². The van der Waals surface area contributed by atoms with E-state index < -0.39 is 0 Å². The predicted molar refractivity (Wildman–Crippen MR) is 60.8 cm³/mol. The van der Waals surface area contributed by atoms with Crippen LogP contribution in [-0.4, -0.2) is 29.7 Å². The van der Waals surface area contributed by atoms with E-state index in [4.69, 9.17) is 10.5 Å². The zero-order valence-electron chi connectivity index (χ0n) is 9.45. The summed E-state index contributed by atoms with van der Waals surface area (Å²) in [5, 5.41) is 3.25. The van der Waals surface area contributed by atoms with E-state index in [1.54, 1.807) is 7.11 Å². The van der Waals surface area contributed by atoms with Crippen molar-refractivity contribution in [1.29, 1.82) is 0 Å². The Kier molecular flexibility index (Phi) is 4.30. The molecule has 0 amide bonds. The first-order valence-corrected chi connectivity index (χ1v) is 5.03. The largest absolute Gasteiger partial charge is 0.383 e. The Morgan fingerprint density at radius 3 is 2.87 bits per heavy atom. The first-order chi connectivity index (χ1) is 7.19. The molecule has 0 aliphatic heterocycles. The van der Waals surface area contributed by atoms with Gasteiger partial charge in [-0.3, -0.25) is 0 Å². The van der Waals surface area contributed by atoms with Crippen LogP contribution >= 0.6 is 0 Å². The summed E-state index contributed by atoms with van der Waals surface area (Å²) in [5.41, 5.74) is 6.72. The van der Waals surface area contributed by atoms with Crippen LogP contribution in [0.4, 0.5) is 11.6 Å². The molecule has 3 N–H and O–H groups in total. The van der Waals surface area contributed by atoms with Gasteiger partial charge in [0.25, 0.3) is 0 Å². The maximum atomic E-state index is 5.76. The van der Waals surface area contributed by atoms with Crippen LogP contribution in [0.1, 0.15) is 19.4 Å². The lowest BCUT2D eigenvalue weighted by molar-refractivity contribution is 0.190. The van der Waals surface area contributed by atoms with Gasteiger partial charge in [0, 0.05) is 18.7 Å². The van der Waals surface area contributed by atoms with Gasteiger partial charge in [-0.1, -0.05) is 6.92 Å². The molecule has 5 nitrogen and oxygen atoms in total. The Morgan fingerprint density at radius 2 is 2.27 bits per heavy atom. The number of nitrogens with two attached hydrogens (primary N) is 1. The van der Waals surface area contributed by atoms with Gasteiger partial charge < -0.3 is 15.8 Å². The van der Waals surface area contributed by atoms with Crippen molar-refractivity contribution in [2.45, 2.75) is 26.3 Å².